The lowest BCUT2D eigenvalue weighted by Crippen LogP contribution is -2.34. The minimum atomic E-state index is 0.162. The number of amidine groups is 2. The van der Waals surface area contributed by atoms with E-state index in [9.17, 15) is 0 Å². The number of hydrogen-bond donors (Lipinski definition) is 2. The number of rotatable bonds is 2. The van der Waals surface area contributed by atoms with Gasteiger partial charge in [0.25, 0.3) is 0 Å². The van der Waals surface area contributed by atoms with Gasteiger partial charge in [-0.3, -0.25) is 10.3 Å². The largest absolute Gasteiger partial charge is 0.381 e. The zero-order chi connectivity index (χ0) is 8.43. The Morgan fingerprint density at radius 3 is 2.82 bits per heavy atom. The maximum absolute atomic E-state index is 7.38. The third-order valence-electron chi connectivity index (χ3n) is 1.27. The summed E-state index contributed by atoms with van der Waals surface area (Å²) in [6.07, 6.45) is 1.65. The summed E-state index contributed by atoms with van der Waals surface area (Å²) in [6, 6.07) is 0. The Labute approximate surface area is 69.9 Å². The van der Waals surface area contributed by atoms with E-state index in [1.807, 2.05) is 0 Å². The summed E-state index contributed by atoms with van der Waals surface area (Å²) >= 11 is 4.83. The molecule has 0 aromatic rings. The smallest absolute Gasteiger partial charge is 0.203 e. The third kappa shape index (κ3) is 1.27. The number of nitrogens with one attached hydrogen (secondary N) is 1. The Kier molecular flexibility index (Phi) is 2.00. The molecule has 1 heterocycles. The molecule has 0 unspecified atom stereocenters. The molecule has 0 fully saturated rings. The number of thiocarbonyl (C=S) groups is 1. The first-order valence-corrected chi connectivity index (χ1v) is 3.43. The summed E-state index contributed by atoms with van der Waals surface area (Å²) in [5, 5.41) is 7.72. The van der Waals surface area contributed by atoms with Crippen LogP contribution in [-0.2, 0) is 0 Å². The average molecular weight is 168 g/mol. The monoisotopic (exact) mass is 168 g/mol. The summed E-state index contributed by atoms with van der Waals surface area (Å²) in [6.45, 7) is 4.02. The molecular weight excluding hydrogens is 160 g/mol. The highest BCUT2D eigenvalue weighted by Gasteiger charge is 2.22. The highest BCUT2D eigenvalue weighted by atomic mass is 32.1. The van der Waals surface area contributed by atoms with Crippen LogP contribution in [-0.4, -0.2) is 28.2 Å². The molecule has 58 valence electrons. The molecule has 1 rings (SSSR count). The second-order valence-electron chi connectivity index (χ2n) is 2.03. The molecule has 0 aromatic heterocycles. The van der Waals surface area contributed by atoms with E-state index < -0.39 is 0 Å². The minimum absolute atomic E-state index is 0.162. The molecule has 4 nitrogen and oxygen atoms in total. The van der Waals surface area contributed by atoms with Crippen molar-refractivity contribution in [3.8, 4) is 0 Å². The van der Waals surface area contributed by atoms with E-state index in [0.717, 1.165) is 0 Å². The molecular formula is C6H8N4S. The van der Waals surface area contributed by atoms with Crippen LogP contribution in [0.25, 0.3) is 0 Å². The van der Waals surface area contributed by atoms with Crippen LogP contribution in [0.1, 0.15) is 0 Å². The van der Waals surface area contributed by atoms with Crippen LogP contribution in [0.15, 0.2) is 17.6 Å². The first-order valence-electron chi connectivity index (χ1n) is 3.02. The maximum Gasteiger partial charge on any atom is 0.203 e. The van der Waals surface area contributed by atoms with Crippen molar-refractivity contribution in [1.29, 1.82) is 5.41 Å². The van der Waals surface area contributed by atoms with Gasteiger partial charge in [0.2, 0.25) is 5.11 Å². The van der Waals surface area contributed by atoms with Gasteiger partial charge in [0, 0.05) is 6.54 Å². The molecule has 0 aliphatic carbocycles. The van der Waals surface area contributed by atoms with E-state index in [1.54, 1.807) is 6.08 Å². The second-order valence-corrected chi connectivity index (χ2v) is 2.39. The number of hydrogen-bond acceptors (Lipinski definition) is 3. The topological polar surface area (TPSA) is 65.5 Å². The summed E-state index contributed by atoms with van der Waals surface area (Å²) in [5.74, 6) is 0.340. The lowest BCUT2D eigenvalue weighted by atomic mass is 10.5. The number of nitrogens with two attached hydrogens (primary N) is 1. The Morgan fingerprint density at radius 1 is 1.82 bits per heavy atom. The lowest BCUT2D eigenvalue weighted by Gasteiger charge is -2.12. The molecule has 0 aromatic carbocycles. The Bertz CT molecular complexity index is 255. The van der Waals surface area contributed by atoms with Crippen molar-refractivity contribution in [3.05, 3.63) is 12.7 Å². The van der Waals surface area contributed by atoms with Crippen molar-refractivity contribution in [2.75, 3.05) is 6.54 Å². The summed E-state index contributed by atoms with van der Waals surface area (Å²) in [7, 11) is 0. The summed E-state index contributed by atoms with van der Waals surface area (Å²) in [5.41, 5.74) is 5.35. The predicted molar refractivity (Wildman–Crippen MR) is 48.9 cm³/mol. The molecule has 1 aliphatic rings. The highest BCUT2D eigenvalue weighted by Crippen LogP contribution is 2.03. The molecule has 1 aliphatic heterocycles. The fourth-order valence-corrected chi connectivity index (χ4v) is 1.01. The van der Waals surface area contributed by atoms with Crippen molar-refractivity contribution in [3.63, 3.8) is 0 Å². The van der Waals surface area contributed by atoms with Crippen LogP contribution in [0.4, 0.5) is 0 Å². The number of aliphatic imine (C=N–C) groups is 1. The van der Waals surface area contributed by atoms with Gasteiger partial charge in [-0.25, -0.2) is 0 Å². The molecule has 0 bridgehead atoms. The normalized spacial score (nSPS) is 17.1. The van der Waals surface area contributed by atoms with Crippen LogP contribution >= 0.6 is 12.2 Å². The van der Waals surface area contributed by atoms with Gasteiger partial charge < -0.3 is 5.73 Å². The Morgan fingerprint density at radius 2 is 2.45 bits per heavy atom. The van der Waals surface area contributed by atoms with Crippen molar-refractivity contribution in [2.24, 2.45) is 10.7 Å². The van der Waals surface area contributed by atoms with Gasteiger partial charge in [0.1, 0.15) is 0 Å². The molecule has 0 spiro atoms. The SMILES string of the molecule is C=CCN1C(=N)C(N)=NC1=S. The molecule has 11 heavy (non-hydrogen) atoms. The van der Waals surface area contributed by atoms with Crippen LogP contribution in [0, 0.1) is 5.41 Å². The fraction of sp³-hybridized carbons (Fsp3) is 0.167. The minimum Gasteiger partial charge on any atom is -0.381 e. The molecule has 5 heteroatoms. The molecule has 0 atom stereocenters. The van der Waals surface area contributed by atoms with Crippen molar-refractivity contribution >= 4 is 29.0 Å². The molecule has 0 saturated heterocycles. The maximum atomic E-state index is 7.38. The van der Waals surface area contributed by atoms with Crippen molar-refractivity contribution in [2.45, 2.75) is 0 Å². The molecule has 0 radical (unpaired) electrons. The van der Waals surface area contributed by atoms with Crippen molar-refractivity contribution < 1.29 is 0 Å². The number of nitrogens with zero attached hydrogens (tertiary/aromatic N) is 2. The zero-order valence-electron chi connectivity index (χ0n) is 5.87. The lowest BCUT2D eigenvalue weighted by molar-refractivity contribution is 0.701. The van der Waals surface area contributed by atoms with Gasteiger partial charge in [-0.2, -0.15) is 4.99 Å². The van der Waals surface area contributed by atoms with Crippen LogP contribution in [0.5, 0.6) is 0 Å². The Hall–Kier alpha value is -1.23. The van der Waals surface area contributed by atoms with Gasteiger partial charge in [0.15, 0.2) is 11.7 Å². The fourth-order valence-electron chi connectivity index (χ4n) is 0.749. The first kappa shape index (κ1) is 7.87. The quantitative estimate of drug-likeness (QED) is 0.454. The van der Waals surface area contributed by atoms with E-state index >= 15 is 0 Å². The van der Waals surface area contributed by atoms with Gasteiger partial charge >= 0.3 is 0 Å². The molecule has 3 N–H and O–H groups in total. The van der Waals surface area contributed by atoms with E-state index in [2.05, 4.69) is 11.6 Å². The van der Waals surface area contributed by atoms with E-state index in [0.29, 0.717) is 11.7 Å². The van der Waals surface area contributed by atoms with Gasteiger partial charge in [-0.15, -0.1) is 6.58 Å². The molecule has 0 amide bonds. The van der Waals surface area contributed by atoms with E-state index in [1.165, 1.54) is 4.90 Å². The Balaban J connectivity index is 2.80. The van der Waals surface area contributed by atoms with Gasteiger partial charge in [0.05, 0.1) is 0 Å². The first-order chi connectivity index (χ1) is 5.16. The summed E-state index contributed by atoms with van der Waals surface area (Å²) < 4.78 is 0. The highest BCUT2D eigenvalue weighted by molar-refractivity contribution is 7.80. The average Bonchev–Trinajstić information content (AvgIpc) is 2.17. The van der Waals surface area contributed by atoms with Crippen LogP contribution < -0.4 is 5.73 Å². The zero-order valence-corrected chi connectivity index (χ0v) is 6.69. The van der Waals surface area contributed by atoms with Gasteiger partial charge in [-0.1, -0.05) is 6.08 Å². The van der Waals surface area contributed by atoms with Crippen molar-refractivity contribution in [1.82, 2.24) is 4.90 Å². The predicted octanol–water partition coefficient (Wildman–Crippen LogP) is 0.107. The van der Waals surface area contributed by atoms with Crippen LogP contribution in [0.2, 0.25) is 0 Å². The standard InChI is InChI=1S/C6H8N4S/c1-2-3-10-5(8)4(7)9-6(10)11/h2,8H,1,3H2,(H2,7,9,11). The van der Waals surface area contributed by atoms with E-state index in [4.69, 9.17) is 23.4 Å². The van der Waals surface area contributed by atoms with Gasteiger partial charge in [-0.05, 0) is 12.2 Å². The second kappa shape index (κ2) is 2.79. The van der Waals surface area contributed by atoms with E-state index in [-0.39, 0.29) is 11.7 Å². The van der Waals surface area contributed by atoms with Crippen LogP contribution in [0.3, 0.4) is 0 Å². The molecule has 0 saturated carbocycles. The summed E-state index contributed by atoms with van der Waals surface area (Å²) in [4.78, 5) is 5.26. The third-order valence-corrected chi connectivity index (χ3v) is 1.58.